The Hall–Kier alpha value is -1.84. The molecule has 2 rings (SSSR count). The van der Waals surface area contributed by atoms with E-state index in [9.17, 15) is 4.79 Å². The third-order valence-electron chi connectivity index (χ3n) is 2.82. The lowest BCUT2D eigenvalue weighted by molar-refractivity contribution is -0.122. The van der Waals surface area contributed by atoms with Crippen molar-refractivity contribution in [2.45, 2.75) is 33.6 Å². The van der Waals surface area contributed by atoms with Crippen LogP contribution >= 0.6 is 0 Å². The number of nitrogens with one attached hydrogen (secondary N) is 1. The first-order chi connectivity index (χ1) is 8.94. The number of carbonyl (C=O) groups is 1. The molecular weight excluding hydrogens is 240 g/mol. The fourth-order valence-corrected chi connectivity index (χ4v) is 1.95. The monoisotopic (exact) mass is 260 g/mol. The predicted octanol–water partition coefficient (Wildman–Crippen LogP) is 2.92. The third-order valence-corrected chi connectivity index (χ3v) is 2.82. The van der Waals surface area contributed by atoms with E-state index in [1.807, 2.05) is 18.2 Å². The minimum Gasteiger partial charge on any atom is -0.443 e. The van der Waals surface area contributed by atoms with Gasteiger partial charge in [0.25, 0.3) is 0 Å². The molecule has 19 heavy (non-hydrogen) atoms. The second-order valence-corrected chi connectivity index (χ2v) is 5.99. The van der Waals surface area contributed by atoms with Crippen LogP contribution in [0, 0.1) is 5.41 Å². The molecule has 4 heteroatoms. The van der Waals surface area contributed by atoms with E-state index in [1.165, 1.54) is 6.39 Å². The lowest BCUT2D eigenvalue weighted by atomic mass is 9.92. The van der Waals surface area contributed by atoms with Gasteiger partial charge in [-0.05, 0) is 29.5 Å². The summed E-state index contributed by atoms with van der Waals surface area (Å²) >= 11 is 0. The molecule has 0 spiro atoms. The van der Waals surface area contributed by atoms with Crippen LogP contribution in [-0.2, 0) is 11.2 Å². The lowest BCUT2D eigenvalue weighted by Crippen LogP contribution is -2.29. The van der Waals surface area contributed by atoms with Crippen molar-refractivity contribution >= 4 is 17.0 Å². The first-order valence-corrected chi connectivity index (χ1v) is 6.53. The molecule has 0 saturated carbocycles. The Morgan fingerprint density at radius 3 is 2.89 bits per heavy atom. The average Bonchev–Trinajstić information content (AvgIpc) is 2.73. The Balaban J connectivity index is 1.83. The summed E-state index contributed by atoms with van der Waals surface area (Å²) < 4.78 is 5.25. The summed E-state index contributed by atoms with van der Waals surface area (Å²) in [6.07, 6.45) is 2.79. The van der Waals surface area contributed by atoms with Crippen LogP contribution in [-0.4, -0.2) is 17.4 Å². The quantitative estimate of drug-likeness (QED) is 0.919. The van der Waals surface area contributed by atoms with Crippen molar-refractivity contribution in [1.29, 1.82) is 0 Å². The molecule has 0 aliphatic heterocycles. The zero-order chi connectivity index (χ0) is 13.9. The lowest BCUT2D eigenvalue weighted by Gasteiger charge is -2.17. The van der Waals surface area contributed by atoms with Crippen LogP contribution < -0.4 is 5.32 Å². The number of nitrogens with zero attached hydrogens (tertiary/aromatic N) is 1. The second-order valence-electron chi connectivity index (χ2n) is 5.99. The van der Waals surface area contributed by atoms with Gasteiger partial charge in [-0.3, -0.25) is 4.79 Å². The van der Waals surface area contributed by atoms with Crippen LogP contribution in [0.15, 0.2) is 29.0 Å². The van der Waals surface area contributed by atoms with E-state index in [2.05, 4.69) is 31.1 Å². The highest BCUT2D eigenvalue weighted by molar-refractivity contribution is 5.76. The molecule has 2 aromatic rings. The molecule has 1 heterocycles. The fourth-order valence-electron chi connectivity index (χ4n) is 1.95. The molecule has 0 atom stereocenters. The van der Waals surface area contributed by atoms with E-state index >= 15 is 0 Å². The maximum Gasteiger partial charge on any atom is 0.220 e. The van der Waals surface area contributed by atoms with Crippen LogP contribution in [0.4, 0.5) is 0 Å². The topological polar surface area (TPSA) is 55.1 Å². The number of fused-ring (bicyclic) bond motifs is 1. The van der Waals surface area contributed by atoms with Crippen LogP contribution in [0.25, 0.3) is 11.1 Å². The van der Waals surface area contributed by atoms with Crippen molar-refractivity contribution in [3.63, 3.8) is 0 Å². The van der Waals surface area contributed by atoms with Gasteiger partial charge in [0.1, 0.15) is 5.52 Å². The van der Waals surface area contributed by atoms with Crippen molar-refractivity contribution < 1.29 is 9.21 Å². The highest BCUT2D eigenvalue weighted by atomic mass is 16.3. The molecule has 1 aromatic heterocycles. The van der Waals surface area contributed by atoms with Crippen molar-refractivity contribution in [3.05, 3.63) is 30.2 Å². The second kappa shape index (κ2) is 5.43. The number of rotatable bonds is 4. The average molecular weight is 260 g/mol. The maximum atomic E-state index is 11.7. The SMILES string of the molecule is CC(C)(C)CC(=O)NCCc1ccc2ncoc2c1. The minimum absolute atomic E-state index is 0.0306. The molecule has 0 radical (unpaired) electrons. The highest BCUT2D eigenvalue weighted by Gasteiger charge is 2.15. The van der Waals surface area contributed by atoms with Gasteiger partial charge in [0.2, 0.25) is 5.91 Å². The first kappa shape index (κ1) is 13.6. The Bertz CT molecular complexity index is 567. The smallest absolute Gasteiger partial charge is 0.220 e. The molecule has 0 fully saturated rings. The number of carbonyl (C=O) groups excluding carboxylic acids is 1. The first-order valence-electron chi connectivity index (χ1n) is 6.53. The number of hydrogen-bond donors (Lipinski definition) is 1. The van der Waals surface area contributed by atoms with Crippen molar-refractivity contribution in [1.82, 2.24) is 10.3 Å². The van der Waals surface area contributed by atoms with Gasteiger partial charge in [-0.2, -0.15) is 0 Å². The Morgan fingerprint density at radius 1 is 1.37 bits per heavy atom. The van der Waals surface area contributed by atoms with Gasteiger partial charge in [-0.1, -0.05) is 26.8 Å². The molecule has 1 amide bonds. The van der Waals surface area contributed by atoms with Crippen LogP contribution in [0.1, 0.15) is 32.8 Å². The summed E-state index contributed by atoms with van der Waals surface area (Å²) in [6, 6.07) is 5.92. The van der Waals surface area contributed by atoms with Gasteiger partial charge in [0, 0.05) is 13.0 Å². The van der Waals surface area contributed by atoms with Crippen molar-refractivity contribution in [3.8, 4) is 0 Å². The van der Waals surface area contributed by atoms with E-state index in [1.54, 1.807) is 0 Å². The van der Waals surface area contributed by atoms with Crippen LogP contribution in [0.5, 0.6) is 0 Å². The third kappa shape index (κ3) is 4.09. The molecule has 1 aromatic carbocycles. The van der Waals surface area contributed by atoms with Crippen LogP contribution in [0.3, 0.4) is 0 Å². The molecule has 0 aliphatic carbocycles. The summed E-state index contributed by atoms with van der Waals surface area (Å²) in [7, 11) is 0. The molecule has 0 unspecified atom stereocenters. The Labute approximate surface area is 113 Å². The molecule has 0 aliphatic rings. The molecule has 4 nitrogen and oxygen atoms in total. The number of benzene rings is 1. The zero-order valence-corrected chi connectivity index (χ0v) is 11.7. The molecule has 0 bridgehead atoms. The highest BCUT2D eigenvalue weighted by Crippen LogP contribution is 2.18. The van der Waals surface area contributed by atoms with Gasteiger partial charge < -0.3 is 9.73 Å². The number of aromatic nitrogens is 1. The molecular formula is C15H20N2O2. The van der Waals surface area contributed by atoms with E-state index < -0.39 is 0 Å². The summed E-state index contributed by atoms with van der Waals surface area (Å²) in [6.45, 7) is 6.83. The standard InChI is InChI=1S/C15H20N2O2/c1-15(2,3)9-14(18)16-7-6-11-4-5-12-13(8-11)19-10-17-12/h4-5,8,10H,6-7,9H2,1-3H3,(H,16,18). The number of hydrogen-bond acceptors (Lipinski definition) is 3. The number of oxazole rings is 1. The summed E-state index contributed by atoms with van der Waals surface area (Å²) in [5.41, 5.74) is 2.82. The molecule has 0 saturated heterocycles. The van der Waals surface area contributed by atoms with Crippen molar-refractivity contribution in [2.75, 3.05) is 6.54 Å². The normalized spacial score (nSPS) is 11.7. The number of amides is 1. The summed E-state index contributed by atoms with van der Waals surface area (Å²) in [5, 5.41) is 2.94. The maximum absolute atomic E-state index is 11.7. The van der Waals surface area contributed by atoms with Gasteiger partial charge in [0.05, 0.1) is 0 Å². The van der Waals surface area contributed by atoms with Crippen molar-refractivity contribution in [2.24, 2.45) is 5.41 Å². The predicted molar refractivity (Wildman–Crippen MR) is 74.8 cm³/mol. The Morgan fingerprint density at radius 2 is 2.16 bits per heavy atom. The van der Waals surface area contributed by atoms with E-state index in [0.717, 1.165) is 23.1 Å². The molecule has 102 valence electrons. The Kier molecular flexibility index (Phi) is 3.88. The van der Waals surface area contributed by atoms with Crippen LogP contribution in [0.2, 0.25) is 0 Å². The zero-order valence-electron chi connectivity index (χ0n) is 11.7. The minimum atomic E-state index is 0.0306. The van der Waals surface area contributed by atoms with Gasteiger partial charge >= 0.3 is 0 Å². The summed E-state index contributed by atoms with van der Waals surface area (Å²) in [5.74, 6) is 0.105. The largest absolute Gasteiger partial charge is 0.443 e. The van der Waals surface area contributed by atoms with E-state index in [0.29, 0.717) is 13.0 Å². The van der Waals surface area contributed by atoms with Gasteiger partial charge in [-0.25, -0.2) is 4.98 Å². The van der Waals surface area contributed by atoms with E-state index in [4.69, 9.17) is 4.42 Å². The fraction of sp³-hybridized carbons (Fsp3) is 0.467. The summed E-state index contributed by atoms with van der Waals surface area (Å²) in [4.78, 5) is 15.8. The van der Waals surface area contributed by atoms with Gasteiger partial charge in [0.15, 0.2) is 12.0 Å². The molecule has 1 N–H and O–H groups in total. The van der Waals surface area contributed by atoms with E-state index in [-0.39, 0.29) is 11.3 Å². The van der Waals surface area contributed by atoms with Gasteiger partial charge in [-0.15, -0.1) is 0 Å².